The van der Waals surface area contributed by atoms with E-state index in [4.69, 9.17) is 0 Å². The maximum Gasteiger partial charge on any atom is 0.202 e. The van der Waals surface area contributed by atoms with Crippen LogP contribution in [0.2, 0.25) is 0 Å². The van der Waals surface area contributed by atoms with Gasteiger partial charge in [0.1, 0.15) is 0 Å². The third-order valence-electron chi connectivity index (χ3n) is 6.91. The van der Waals surface area contributed by atoms with Crippen molar-refractivity contribution in [2.24, 2.45) is 11.8 Å². The van der Waals surface area contributed by atoms with Crippen molar-refractivity contribution in [3.8, 4) is 23.5 Å². The SMILES string of the molecule is N#Cc1ccc(-n2c(O)c3c(c2O)[C@@H]2CC[C@H]3[C@H]3C[C@H]32)c2ccccc12. The third kappa shape index (κ3) is 1.55. The van der Waals surface area contributed by atoms with E-state index in [1.165, 1.54) is 6.42 Å². The van der Waals surface area contributed by atoms with E-state index >= 15 is 0 Å². The zero-order valence-corrected chi connectivity index (χ0v) is 14.2. The molecule has 2 aromatic carbocycles. The minimum absolute atomic E-state index is 0.187. The summed E-state index contributed by atoms with van der Waals surface area (Å²) in [5.41, 5.74) is 3.29. The molecule has 4 aliphatic carbocycles. The molecule has 7 rings (SSSR count). The highest BCUT2D eigenvalue weighted by molar-refractivity contribution is 5.95. The van der Waals surface area contributed by atoms with Gasteiger partial charge in [-0.3, -0.25) is 4.57 Å². The quantitative estimate of drug-likeness (QED) is 0.683. The molecule has 0 saturated heterocycles. The lowest BCUT2D eigenvalue weighted by Gasteiger charge is -2.35. The highest BCUT2D eigenvalue weighted by Crippen LogP contribution is 2.70. The van der Waals surface area contributed by atoms with Crippen molar-refractivity contribution >= 4 is 10.8 Å². The first-order valence-electron chi connectivity index (χ1n) is 9.29. The Balaban J connectivity index is 1.66. The number of benzene rings is 2. The van der Waals surface area contributed by atoms with Gasteiger partial charge in [-0.2, -0.15) is 5.26 Å². The summed E-state index contributed by atoms with van der Waals surface area (Å²) >= 11 is 0. The first kappa shape index (κ1) is 14.3. The summed E-state index contributed by atoms with van der Waals surface area (Å²) in [7, 11) is 0. The molecule has 0 amide bonds. The molecular weight excluding hydrogens is 324 g/mol. The molecule has 3 aromatic rings. The number of hydrogen-bond acceptors (Lipinski definition) is 3. The molecule has 1 heterocycles. The van der Waals surface area contributed by atoms with E-state index in [0.717, 1.165) is 40.4 Å². The van der Waals surface area contributed by atoms with Crippen LogP contribution in [0.1, 0.15) is 47.8 Å². The maximum atomic E-state index is 11.1. The van der Waals surface area contributed by atoms with E-state index in [1.54, 1.807) is 10.6 Å². The summed E-state index contributed by atoms with van der Waals surface area (Å²) in [6, 6.07) is 13.5. The molecule has 2 fully saturated rings. The molecule has 0 aliphatic heterocycles. The Kier molecular flexibility index (Phi) is 2.53. The zero-order valence-electron chi connectivity index (χ0n) is 14.2. The second-order valence-electron chi connectivity index (χ2n) is 7.95. The van der Waals surface area contributed by atoms with Crippen molar-refractivity contribution in [2.45, 2.75) is 31.1 Å². The van der Waals surface area contributed by atoms with Gasteiger partial charge in [0.25, 0.3) is 0 Å². The number of nitrogens with zero attached hydrogens (tertiary/aromatic N) is 2. The molecule has 0 spiro atoms. The van der Waals surface area contributed by atoms with Gasteiger partial charge in [-0.15, -0.1) is 0 Å². The van der Waals surface area contributed by atoms with Gasteiger partial charge < -0.3 is 10.2 Å². The molecule has 1 aromatic heterocycles. The van der Waals surface area contributed by atoms with Gasteiger partial charge in [-0.1, -0.05) is 24.3 Å². The molecule has 4 nitrogen and oxygen atoms in total. The van der Waals surface area contributed by atoms with Gasteiger partial charge in [-0.05, 0) is 55.1 Å². The van der Waals surface area contributed by atoms with Crippen LogP contribution in [-0.2, 0) is 0 Å². The smallest absolute Gasteiger partial charge is 0.202 e. The molecule has 0 radical (unpaired) electrons. The molecule has 2 saturated carbocycles. The number of nitriles is 1. The number of hydrogen-bond donors (Lipinski definition) is 2. The van der Waals surface area contributed by atoms with E-state index in [1.807, 2.05) is 30.3 Å². The van der Waals surface area contributed by atoms with Gasteiger partial charge in [-0.25, -0.2) is 0 Å². The lowest BCUT2D eigenvalue weighted by Crippen LogP contribution is -2.22. The Hall–Kier alpha value is -2.93. The lowest BCUT2D eigenvalue weighted by atomic mass is 9.68. The second-order valence-corrected chi connectivity index (χ2v) is 7.95. The fraction of sp³-hybridized carbons (Fsp3) is 0.318. The lowest BCUT2D eigenvalue weighted by molar-refractivity contribution is 0.322. The van der Waals surface area contributed by atoms with Crippen molar-refractivity contribution in [3.05, 3.63) is 53.1 Å². The van der Waals surface area contributed by atoms with Gasteiger partial charge in [0.2, 0.25) is 11.8 Å². The predicted molar refractivity (Wildman–Crippen MR) is 97.6 cm³/mol. The molecular formula is C22H18N2O2. The fourth-order valence-electron chi connectivity index (χ4n) is 5.78. The standard InChI is InChI=1S/C22H18N2O2/c23-10-11-5-8-18(13-4-2-1-3-12(11)13)24-21(25)19-14-6-7-15(17-9-16(14)17)20(19)22(24)26/h1-5,8,14-17,25-26H,6-7,9H2/t14-,15+,16+,17-. The normalized spacial score (nSPS) is 27.8. The summed E-state index contributed by atoms with van der Waals surface area (Å²) in [5, 5.41) is 33.3. The largest absolute Gasteiger partial charge is 0.494 e. The van der Waals surface area contributed by atoms with Crippen molar-refractivity contribution in [3.63, 3.8) is 0 Å². The van der Waals surface area contributed by atoms with Crippen LogP contribution in [-0.4, -0.2) is 14.8 Å². The van der Waals surface area contributed by atoms with Gasteiger partial charge in [0, 0.05) is 21.9 Å². The van der Waals surface area contributed by atoms with Crippen LogP contribution in [0.15, 0.2) is 36.4 Å². The second kappa shape index (κ2) is 4.62. The van der Waals surface area contributed by atoms with E-state index in [0.29, 0.717) is 29.2 Å². The fourth-order valence-corrected chi connectivity index (χ4v) is 5.78. The molecule has 4 heteroatoms. The molecule has 2 bridgehead atoms. The van der Waals surface area contributed by atoms with Crippen LogP contribution >= 0.6 is 0 Å². The highest BCUT2D eigenvalue weighted by Gasteiger charge is 2.58. The van der Waals surface area contributed by atoms with E-state index in [9.17, 15) is 15.5 Å². The Morgan fingerprint density at radius 3 is 2.12 bits per heavy atom. The maximum absolute atomic E-state index is 11.1. The van der Waals surface area contributed by atoms with Crippen molar-refractivity contribution in [2.75, 3.05) is 0 Å². The minimum Gasteiger partial charge on any atom is -0.494 e. The summed E-state index contributed by atoms with van der Waals surface area (Å²) < 4.78 is 1.60. The van der Waals surface area contributed by atoms with Crippen LogP contribution in [0, 0.1) is 23.2 Å². The molecule has 26 heavy (non-hydrogen) atoms. The van der Waals surface area contributed by atoms with E-state index < -0.39 is 0 Å². The molecule has 0 unspecified atom stereocenters. The van der Waals surface area contributed by atoms with Crippen molar-refractivity contribution in [1.82, 2.24) is 4.57 Å². The molecule has 2 N–H and O–H groups in total. The highest BCUT2D eigenvalue weighted by atomic mass is 16.3. The van der Waals surface area contributed by atoms with Crippen molar-refractivity contribution < 1.29 is 10.2 Å². The van der Waals surface area contributed by atoms with Crippen LogP contribution in [0.25, 0.3) is 16.5 Å². The molecule has 4 aliphatic rings. The van der Waals surface area contributed by atoms with Crippen LogP contribution in [0.3, 0.4) is 0 Å². The van der Waals surface area contributed by atoms with E-state index in [-0.39, 0.29) is 11.8 Å². The Morgan fingerprint density at radius 2 is 1.50 bits per heavy atom. The van der Waals surface area contributed by atoms with Gasteiger partial charge in [0.15, 0.2) is 0 Å². The van der Waals surface area contributed by atoms with Gasteiger partial charge in [0.05, 0.1) is 17.3 Å². The Bertz CT molecular complexity index is 1100. The molecule has 128 valence electrons. The van der Waals surface area contributed by atoms with Gasteiger partial charge >= 0.3 is 0 Å². The van der Waals surface area contributed by atoms with Crippen LogP contribution in [0.4, 0.5) is 0 Å². The molecule has 4 atom stereocenters. The Labute approximate surface area is 150 Å². The van der Waals surface area contributed by atoms with Crippen LogP contribution in [0.5, 0.6) is 11.8 Å². The topological polar surface area (TPSA) is 69.2 Å². The average molecular weight is 342 g/mol. The summed E-state index contributed by atoms with van der Waals surface area (Å²) in [6.07, 6.45) is 3.47. The third-order valence-corrected chi connectivity index (χ3v) is 6.91. The first-order valence-corrected chi connectivity index (χ1v) is 9.29. The van der Waals surface area contributed by atoms with Crippen LogP contribution < -0.4 is 0 Å². The summed E-state index contributed by atoms with van der Waals surface area (Å²) in [5.74, 6) is 2.54. The Morgan fingerprint density at radius 1 is 0.885 bits per heavy atom. The predicted octanol–water partition coefficient (Wildman–Crippen LogP) is 4.52. The number of rotatable bonds is 1. The number of aromatic nitrogens is 1. The minimum atomic E-state index is 0.187. The van der Waals surface area contributed by atoms with E-state index in [2.05, 4.69) is 6.07 Å². The zero-order chi connectivity index (χ0) is 17.6. The van der Waals surface area contributed by atoms with Crippen molar-refractivity contribution in [1.29, 1.82) is 5.26 Å². The summed E-state index contributed by atoms with van der Waals surface area (Å²) in [6.45, 7) is 0. The number of aromatic hydroxyl groups is 2. The summed E-state index contributed by atoms with van der Waals surface area (Å²) in [4.78, 5) is 0. The monoisotopic (exact) mass is 342 g/mol. The average Bonchev–Trinajstić information content (AvgIpc) is 3.45. The first-order chi connectivity index (χ1) is 12.7. The number of fused-ring (bicyclic) bond motifs is 2.